The molecule has 0 radical (unpaired) electrons. The lowest BCUT2D eigenvalue weighted by atomic mass is 10.0. The fourth-order valence-electron chi connectivity index (χ4n) is 4.08. The summed E-state index contributed by atoms with van der Waals surface area (Å²) >= 11 is 0. The Bertz CT molecular complexity index is 1320. The maximum absolute atomic E-state index is 15.0. The number of imidazole rings is 1. The Labute approximate surface area is 205 Å². The van der Waals surface area contributed by atoms with Crippen molar-refractivity contribution in [2.24, 2.45) is 0 Å². The number of piperazine rings is 1. The number of aromatic carboxylic acids is 1. The lowest BCUT2D eigenvalue weighted by Gasteiger charge is -2.33. The minimum atomic E-state index is -1.46. The van der Waals surface area contributed by atoms with Gasteiger partial charge in [0.15, 0.2) is 0 Å². The molecule has 3 heterocycles. The molecule has 0 spiro atoms. The number of pyridine rings is 1. The van der Waals surface area contributed by atoms with Crippen molar-refractivity contribution in [3.63, 3.8) is 0 Å². The number of carbonyl (C=O) groups is 3. The van der Waals surface area contributed by atoms with Gasteiger partial charge in [0, 0.05) is 19.3 Å². The van der Waals surface area contributed by atoms with Crippen LogP contribution in [0.4, 0.5) is 13.6 Å². The highest BCUT2D eigenvalue weighted by Crippen LogP contribution is 2.32. The molecule has 1 saturated heterocycles. The predicted octanol–water partition coefficient (Wildman–Crippen LogP) is 3.87. The van der Waals surface area contributed by atoms with E-state index in [1.807, 2.05) is 13.8 Å². The van der Waals surface area contributed by atoms with Crippen LogP contribution in [0.1, 0.15) is 41.4 Å². The number of amides is 2. The number of aryl methyl sites for hydroxylation is 1. The molecule has 0 aliphatic carbocycles. The number of hydrogen-bond acceptors (Lipinski definition) is 5. The molecule has 1 fully saturated rings. The third-order valence-corrected chi connectivity index (χ3v) is 6.05. The normalized spacial score (nSPS) is 13.9. The second kappa shape index (κ2) is 10.3. The van der Waals surface area contributed by atoms with Crippen molar-refractivity contribution < 1.29 is 33.0 Å². The Kier molecular flexibility index (Phi) is 7.18. The molecule has 1 aliphatic heterocycles. The molecule has 2 amide bonds. The zero-order chi connectivity index (χ0) is 26.0. The first-order valence-electron chi connectivity index (χ1n) is 11.6. The Morgan fingerprint density at radius 3 is 2.53 bits per heavy atom. The lowest BCUT2D eigenvalue weighted by molar-refractivity contribution is -0.136. The van der Waals surface area contributed by atoms with Crippen molar-refractivity contribution >= 4 is 23.6 Å². The third-order valence-electron chi connectivity index (χ3n) is 6.05. The van der Waals surface area contributed by atoms with Crippen molar-refractivity contribution in [2.75, 3.05) is 26.2 Å². The van der Waals surface area contributed by atoms with Crippen LogP contribution in [0, 0.1) is 18.6 Å². The van der Waals surface area contributed by atoms with Gasteiger partial charge < -0.3 is 19.1 Å². The summed E-state index contributed by atoms with van der Waals surface area (Å²) in [6.45, 7) is 4.36. The van der Waals surface area contributed by atoms with Crippen molar-refractivity contribution in [2.45, 2.75) is 33.2 Å². The van der Waals surface area contributed by atoms with Crippen LogP contribution in [0.5, 0.6) is 0 Å². The summed E-state index contributed by atoms with van der Waals surface area (Å²) in [6, 6.07) is 5.02. The number of ether oxygens (including phenoxy) is 1. The molecule has 36 heavy (non-hydrogen) atoms. The van der Waals surface area contributed by atoms with Crippen LogP contribution in [0.25, 0.3) is 16.9 Å². The Balaban J connectivity index is 1.66. The standard InChI is InChI=1S/C25H26F2N4O5/c1-3-4-9-36-25(35)30-8-7-29(21(32)14-30)13-19-23(28-20-10-15(2)5-6-31(19)20)22-17(26)11-16(24(33)34)12-18(22)27/h5-6,10-12H,3-4,7-9,13-14H2,1-2H3,(H,33,34). The quantitative estimate of drug-likeness (QED) is 0.494. The molecule has 3 aromatic rings. The minimum Gasteiger partial charge on any atom is -0.478 e. The van der Waals surface area contributed by atoms with Crippen LogP contribution in [0.2, 0.25) is 0 Å². The second-order valence-electron chi connectivity index (χ2n) is 8.66. The van der Waals surface area contributed by atoms with Gasteiger partial charge in [0.25, 0.3) is 0 Å². The molecule has 190 valence electrons. The van der Waals surface area contributed by atoms with E-state index in [1.54, 1.807) is 22.7 Å². The average Bonchev–Trinajstić information content (AvgIpc) is 3.16. The van der Waals surface area contributed by atoms with E-state index in [0.717, 1.165) is 30.5 Å². The number of carbonyl (C=O) groups excluding carboxylic acids is 2. The number of carboxylic acid groups (broad SMARTS) is 1. The number of unbranched alkanes of at least 4 members (excludes halogenated alkanes) is 1. The van der Waals surface area contributed by atoms with Gasteiger partial charge >= 0.3 is 12.1 Å². The highest BCUT2D eigenvalue weighted by atomic mass is 19.1. The zero-order valence-corrected chi connectivity index (χ0v) is 20.0. The SMILES string of the molecule is CCCCOC(=O)N1CCN(Cc2c(-c3c(F)cc(C(=O)O)cc3F)nc3cc(C)ccn23)C(=O)C1. The van der Waals surface area contributed by atoms with Gasteiger partial charge in [-0.2, -0.15) is 0 Å². The van der Waals surface area contributed by atoms with Gasteiger partial charge in [0.05, 0.1) is 30.0 Å². The van der Waals surface area contributed by atoms with E-state index >= 15 is 0 Å². The molecular formula is C25H26F2N4O5. The molecule has 1 aliphatic rings. The fraction of sp³-hybridized carbons (Fsp3) is 0.360. The first kappa shape index (κ1) is 25.1. The summed E-state index contributed by atoms with van der Waals surface area (Å²) in [4.78, 5) is 43.6. The monoisotopic (exact) mass is 500 g/mol. The van der Waals surface area contributed by atoms with Gasteiger partial charge in [-0.15, -0.1) is 0 Å². The minimum absolute atomic E-state index is 0.0172. The predicted molar refractivity (Wildman–Crippen MR) is 125 cm³/mol. The van der Waals surface area contributed by atoms with Crippen molar-refractivity contribution in [3.05, 3.63) is 58.9 Å². The van der Waals surface area contributed by atoms with Crippen LogP contribution >= 0.6 is 0 Å². The smallest absolute Gasteiger partial charge is 0.410 e. The summed E-state index contributed by atoms with van der Waals surface area (Å²) < 4.78 is 36.8. The van der Waals surface area contributed by atoms with Crippen LogP contribution in [-0.4, -0.2) is 68.5 Å². The molecule has 0 unspecified atom stereocenters. The Morgan fingerprint density at radius 1 is 1.17 bits per heavy atom. The molecule has 1 aromatic carbocycles. The molecule has 4 rings (SSSR count). The topological polar surface area (TPSA) is 104 Å². The van der Waals surface area contributed by atoms with Crippen LogP contribution in [-0.2, 0) is 16.1 Å². The van der Waals surface area contributed by atoms with Crippen LogP contribution < -0.4 is 0 Å². The van der Waals surface area contributed by atoms with Crippen LogP contribution in [0.3, 0.4) is 0 Å². The zero-order valence-electron chi connectivity index (χ0n) is 20.0. The summed E-state index contributed by atoms with van der Waals surface area (Å²) in [5.41, 5.74) is 0.639. The molecule has 2 aromatic heterocycles. The number of fused-ring (bicyclic) bond motifs is 1. The summed E-state index contributed by atoms with van der Waals surface area (Å²) in [5, 5.41) is 9.13. The maximum atomic E-state index is 15.0. The molecule has 11 heteroatoms. The van der Waals surface area contributed by atoms with Gasteiger partial charge in [0.1, 0.15) is 29.5 Å². The van der Waals surface area contributed by atoms with E-state index < -0.39 is 34.8 Å². The molecule has 0 saturated carbocycles. The lowest BCUT2D eigenvalue weighted by Crippen LogP contribution is -2.52. The van der Waals surface area contributed by atoms with Crippen molar-refractivity contribution in [1.29, 1.82) is 0 Å². The number of nitrogens with zero attached hydrogens (tertiary/aromatic N) is 4. The van der Waals surface area contributed by atoms with Crippen molar-refractivity contribution in [1.82, 2.24) is 19.2 Å². The van der Waals surface area contributed by atoms with Gasteiger partial charge in [-0.1, -0.05) is 13.3 Å². The first-order chi connectivity index (χ1) is 17.2. The van der Waals surface area contributed by atoms with Crippen molar-refractivity contribution in [3.8, 4) is 11.3 Å². The van der Waals surface area contributed by atoms with E-state index in [0.29, 0.717) is 11.3 Å². The third kappa shape index (κ3) is 5.00. The van der Waals surface area contributed by atoms with Gasteiger partial charge in [-0.05, 0) is 43.2 Å². The van der Waals surface area contributed by atoms with E-state index in [-0.39, 0.29) is 44.4 Å². The summed E-state index contributed by atoms with van der Waals surface area (Å²) in [7, 11) is 0. The second-order valence-corrected chi connectivity index (χ2v) is 8.66. The first-order valence-corrected chi connectivity index (χ1v) is 11.6. The largest absolute Gasteiger partial charge is 0.478 e. The number of halogens is 2. The van der Waals surface area contributed by atoms with E-state index in [2.05, 4.69) is 4.98 Å². The van der Waals surface area contributed by atoms with E-state index in [4.69, 9.17) is 9.84 Å². The summed E-state index contributed by atoms with van der Waals surface area (Å²) in [5.74, 6) is -3.94. The number of benzene rings is 1. The fourth-order valence-corrected chi connectivity index (χ4v) is 4.08. The molecule has 1 N–H and O–H groups in total. The number of hydrogen-bond donors (Lipinski definition) is 1. The van der Waals surface area contributed by atoms with E-state index in [9.17, 15) is 23.2 Å². The maximum Gasteiger partial charge on any atom is 0.410 e. The Hall–Kier alpha value is -4.02. The number of rotatable bonds is 7. The molecule has 9 nitrogen and oxygen atoms in total. The average molecular weight is 501 g/mol. The van der Waals surface area contributed by atoms with Gasteiger partial charge in [-0.25, -0.2) is 23.4 Å². The number of carboxylic acids is 1. The number of aromatic nitrogens is 2. The Morgan fingerprint density at radius 2 is 1.89 bits per heavy atom. The highest BCUT2D eigenvalue weighted by Gasteiger charge is 2.31. The molecular weight excluding hydrogens is 474 g/mol. The highest BCUT2D eigenvalue weighted by molar-refractivity contribution is 5.88. The molecule has 0 atom stereocenters. The summed E-state index contributed by atoms with van der Waals surface area (Å²) in [6.07, 6.45) is 2.76. The van der Waals surface area contributed by atoms with Gasteiger partial charge in [-0.3, -0.25) is 9.69 Å². The van der Waals surface area contributed by atoms with Crippen LogP contribution in [0.15, 0.2) is 30.5 Å². The van der Waals surface area contributed by atoms with E-state index in [1.165, 1.54) is 9.80 Å². The molecule has 0 bridgehead atoms. The van der Waals surface area contributed by atoms with Gasteiger partial charge in [0.2, 0.25) is 5.91 Å².